The Morgan fingerprint density at radius 3 is 2.58 bits per heavy atom. The van der Waals surface area contributed by atoms with Crippen molar-refractivity contribution >= 4 is 23.5 Å². The minimum Gasteiger partial charge on any atom is -0.480 e. The van der Waals surface area contributed by atoms with Crippen molar-refractivity contribution in [1.82, 2.24) is 5.32 Å². The van der Waals surface area contributed by atoms with Crippen LogP contribution in [0, 0.1) is 0 Å². The van der Waals surface area contributed by atoms with E-state index in [-0.39, 0.29) is 5.78 Å². The number of nitrogens with one attached hydrogen (secondary N) is 1. The molecule has 1 aromatic carbocycles. The predicted molar refractivity (Wildman–Crippen MR) is 77.8 cm³/mol. The summed E-state index contributed by atoms with van der Waals surface area (Å²) in [5.41, 5.74) is 0.667. The van der Waals surface area contributed by atoms with Gasteiger partial charge >= 0.3 is 5.97 Å². The van der Waals surface area contributed by atoms with Crippen molar-refractivity contribution in [3.63, 3.8) is 0 Å². The number of aliphatic carboxylic acids is 1. The third-order valence-corrected chi connectivity index (χ3v) is 3.39. The van der Waals surface area contributed by atoms with Crippen LogP contribution < -0.4 is 5.32 Å². The Morgan fingerprint density at radius 2 is 2.00 bits per heavy atom. The number of rotatable bonds is 9. The summed E-state index contributed by atoms with van der Waals surface area (Å²) in [4.78, 5) is 22.8. The van der Waals surface area contributed by atoms with Gasteiger partial charge in [0.1, 0.15) is 6.04 Å². The van der Waals surface area contributed by atoms with Crippen LogP contribution in [0.15, 0.2) is 30.3 Å². The van der Waals surface area contributed by atoms with Crippen LogP contribution in [-0.2, 0) is 4.79 Å². The molecule has 0 saturated heterocycles. The highest BCUT2D eigenvalue weighted by Crippen LogP contribution is 2.04. The largest absolute Gasteiger partial charge is 0.480 e. The first-order chi connectivity index (χ1) is 9.15. The zero-order valence-electron chi connectivity index (χ0n) is 11.0. The molecule has 1 atom stereocenters. The number of thioether (sulfide) groups is 1. The molecule has 0 spiro atoms. The van der Waals surface area contributed by atoms with Crippen molar-refractivity contribution in [2.45, 2.75) is 18.9 Å². The van der Waals surface area contributed by atoms with Crippen LogP contribution in [0.25, 0.3) is 0 Å². The van der Waals surface area contributed by atoms with Gasteiger partial charge in [0.15, 0.2) is 5.78 Å². The minimum absolute atomic E-state index is 0.0297. The maximum atomic E-state index is 11.8. The molecule has 0 bridgehead atoms. The standard InChI is InChI=1S/C14H19NO3S/c1-19-10-8-12(14(17)18)15-9-7-13(16)11-5-3-2-4-6-11/h2-6,12,15H,7-10H2,1H3,(H,17,18). The molecule has 19 heavy (non-hydrogen) atoms. The third-order valence-electron chi connectivity index (χ3n) is 2.75. The van der Waals surface area contributed by atoms with Crippen LogP contribution in [0.3, 0.4) is 0 Å². The van der Waals surface area contributed by atoms with Crippen LogP contribution in [0.5, 0.6) is 0 Å². The molecule has 104 valence electrons. The van der Waals surface area contributed by atoms with E-state index < -0.39 is 12.0 Å². The number of Topliss-reactive ketones (excluding diaryl/α,β-unsaturated/α-hetero) is 1. The lowest BCUT2D eigenvalue weighted by atomic mass is 10.1. The number of carbonyl (C=O) groups is 2. The second-order valence-electron chi connectivity index (χ2n) is 4.17. The lowest BCUT2D eigenvalue weighted by molar-refractivity contribution is -0.139. The van der Waals surface area contributed by atoms with Crippen molar-refractivity contribution in [2.24, 2.45) is 0 Å². The van der Waals surface area contributed by atoms with Gasteiger partial charge in [-0.25, -0.2) is 0 Å². The van der Waals surface area contributed by atoms with E-state index >= 15 is 0 Å². The maximum absolute atomic E-state index is 11.8. The first kappa shape index (κ1) is 15.7. The van der Waals surface area contributed by atoms with E-state index in [1.54, 1.807) is 23.9 Å². The van der Waals surface area contributed by atoms with E-state index in [2.05, 4.69) is 5.32 Å². The van der Waals surface area contributed by atoms with Crippen LogP contribution in [0.2, 0.25) is 0 Å². The number of ketones is 1. The van der Waals surface area contributed by atoms with Crippen LogP contribution in [0.1, 0.15) is 23.2 Å². The van der Waals surface area contributed by atoms with Crippen LogP contribution >= 0.6 is 11.8 Å². The molecule has 0 amide bonds. The quantitative estimate of drug-likeness (QED) is 0.678. The van der Waals surface area contributed by atoms with Crippen molar-refractivity contribution in [2.75, 3.05) is 18.6 Å². The first-order valence-corrected chi connectivity index (χ1v) is 7.58. The molecule has 1 unspecified atom stereocenters. The highest BCUT2D eigenvalue weighted by Gasteiger charge is 2.16. The van der Waals surface area contributed by atoms with Crippen molar-refractivity contribution in [3.05, 3.63) is 35.9 Å². The number of hydrogen-bond donors (Lipinski definition) is 2. The Bertz CT molecular complexity index is 408. The lowest BCUT2D eigenvalue weighted by Gasteiger charge is -2.13. The summed E-state index contributed by atoms with van der Waals surface area (Å²) >= 11 is 1.61. The number of carboxylic acid groups (broad SMARTS) is 1. The number of hydrogen-bond acceptors (Lipinski definition) is 4. The van der Waals surface area contributed by atoms with E-state index in [0.717, 1.165) is 5.75 Å². The van der Waals surface area contributed by atoms with Gasteiger partial charge < -0.3 is 10.4 Å². The summed E-state index contributed by atoms with van der Waals surface area (Å²) in [6.45, 7) is 0.388. The zero-order valence-corrected chi connectivity index (χ0v) is 11.8. The third kappa shape index (κ3) is 5.89. The van der Waals surface area contributed by atoms with Gasteiger partial charge in [-0.1, -0.05) is 30.3 Å². The second-order valence-corrected chi connectivity index (χ2v) is 5.15. The second kappa shape index (κ2) is 8.72. The molecule has 0 aliphatic heterocycles. The van der Waals surface area contributed by atoms with E-state index in [1.165, 1.54) is 0 Å². The fraction of sp³-hybridized carbons (Fsp3) is 0.429. The summed E-state index contributed by atoms with van der Waals surface area (Å²) in [6, 6.07) is 8.46. The van der Waals surface area contributed by atoms with Gasteiger partial charge in [0.05, 0.1) is 0 Å². The molecule has 1 rings (SSSR count). The minimum atomic E-state index is -0.860. The Morgan fingerprint density at radius 1 is 1.32 bits per heavy atom. The average molecular weight is 281 g/mol. The Hall–Kier alpha value is -1.33. The predicted octanol–water partition coefficient (Wildman–Crippen LogP) is 2.06. The van der Waals surface area contributed by atoms with Crippen LogP contribution in [0.4, 0.5) is 0 Å². The zero-order chi connectivity index (χ0) is 14.1. The van der Waals surface area contributed by atoms with E-state index in [1.807, 2.05) is 24.5 Å². The fourth-order valence-corrected chi connectivity index (χ4v) is 2.15. The van der Waals surface area contributed by atoms with E-state index in [9.17, 15) is 9.59 Å². The summed E-state index contributed by atoms with van der Waals surface area (Å²) < 4.78 is 0. The fourth-order valence-electron chi connectivity index (χ4n) is 1.68. The number of benzene rings is 1. The molecule has 1 aromatic rings. The molecule has 0 aliphatic rings. The summed E-state index contributed by atoms with van der Waals surface area (Å²) in [7, 11) is 0. The maximum Gasteiger partial charge on any atom is 0.320 e. The van der Waals surface area contributed by atoms with Gasteiger partial charge in [0.2, 0.25) is 0 Å². The van der Waals surface area contributed by atoms with Crippen molar-refractivity contribution in [3.8, 4) is 0 Å². The Kier molecular flexibility index (Phi) is 7.22. The molecule has 0 fully saturated rings. The monoisotopic (exact) mass is 281 g/mol. The normalized spacial score (nSPS) is 12.1. The molecule has 0 aliphatic carbocycles. The van der Waals surface area contributed by atoms with Gasteiger partial charge in [-0.2, -0.15) is 11.8 Å². The summed E-state index contributed by atoms with van der Waals surface area (Å²) in [5.74, 6) is -0.0420. The number of carboxylic acids is 1. The Balaban J connectivity index is 2.35. The summed E-state index contributed by atoms with van der Waals surface area (Å²) in [5, 5.41) is 11.9. The molecular formula is C14H19NO3S. The van der Waals surface area contributed by atoms with Crippen molar-refractivity contribution in [1.29, 1.82) is 0 Å². The molecular weight excluding hydrogens is 262 g/mol. The molecule has 2 N–H and O–H groups in total. The smallest absolute Gasteiger partial charge is 0.320 e. The van der Waals surface area contributed by atoms with E-state index in [4.69, 9.17) is 5.11 Å². The highest BCUT2D eigenvalue weighted by molar-refractivity contribution is 7.98. The molecule has 0 aromatic heterocycles. The van der Waals surface area contributed by atoms with Gasteiger partial charge in [-0.15, -0.1) is 0 Å². The molecule has 4 nitrogen and oxygen atoms in total. The van der Waals surface area contributed by atoms with Crippen LogP contribution in [-0.4, -0.2) is 41.5 Å². The topological polar surface area (TPSA) is 66.4 Å². The molecule has 5 heteroatoms. The summed E-state index contributed by atoms with van der Waals surface area (Å²) in [6.07, 6.45) is 2.82. The molecule has 0 radical (unpaired) electrons. The number of carbonyl (C=O) groups excluding carboxylic acids is 1. The average Bonchev–Trinajstić information content (AvgIpc) is 2.43. The molecule has 0 saturated carbocycles. The first-order valence-electron chi connectivity index (χ1n) is 6.18. The van der Waals surface area contributed by atoms with Gasteiger partial charge in [-0.05, 0) is 18.4 Å². The van der Waals surface area contributed by atoms with Gasteiger partial charge in [-0.3, -0.25) is 9.59 Å². The lowest BCUT2D eigenvalue weighted by Crippen LogP contribution is -2.38. The van der Waals surface area contributed by atoms with Crippen molar-refractivity contribution < 1.29 is 14.7 Å². The van der Waals surface area contributed by atoms with Gasteiger partial charge in [0.25, 0.3) is 0 Å². The Labute approximate surface area is 117 Å². The SMILES string of the molecule is CSCCC(NCCC(=O)c1ccccc1)C(=O)O. The van der Waals surface area contributed by atoms with Gasteiger partial charge in [0, 0.05) is 18.5 Å². The molecule has 0 heterocycles. The highest BCUT2D eigenvalue weighted by atomic mass is 32.2. The van der Waals surface area contributed by atoms with E-state index in [0.29, 0.717) is 24.9 Å².